The normalized spacial score (nSPS) is 22.4. The Balaban J connectivity index is 1.42. The van der Waals surface area contributed by atoms with Gasteiger partial charge in [0.05, 0.1) is 18.5 Å². The Morgan fingerprint density at radius 1 is 1.12 bits per heavy atom. The number of anilines is 1. The number of thiophene rings is 1. The molecule has 4 heterocycles. The fourth-order valence-electron chi connectivity index (χ4n) is 4.96. The molecule has 0 N–H and O–H groups in total. The van der Waals surface area contributed by atoms with E-state index in [4.69, 9.17) is 4.74 Å². The van der Waals surface area contributed by atoms with Crippen molar-refractivity contribution < 1.29 is 14.3 Å². The number of hydrogen-bond acceptors (Lipinski definition) is 8. The number of hydrogen-bond donors (Lipinski definition) is 0. The number of amides is 1. The van der Waals surface area contributed by atoms with Crippen LogP contribution < -0.4 is 4.90 Å². The molecule has 2 fully saturated rings. The highest BCUT2D eigenvalue weighted by atomic mass is 32.1. The molecule has 32 heavy (non-hydrogen) atoms. The molecular formula is C23H33N5O3S. The number of aromatic nitrogens is 2. The van der Waals surface area contributed by atoms with E-state index in [1.54, 1.807) is 6.33 Å². The molecule has 2 aromatic heterocycles. The Kier molecular flexibility index (Phi) is 6.95. The summed E-state index contributed by atoms with van der Waals surface area (Å²) in [6.45, 7) is 14.0. The Labute approximate surface area is 193 Å². The number of piperazine rings is 1. The van der Waals surface area contributed by atoms with Crippen LogP contribution in [0.2, 0.25) is 0 Å². The van der Waals surface area contributed by atoms with Crippen molar-refractivity contribution in [3.63, 3.8) is 0 Å². The maximum absolute atomic E-state index is 12.9. The number of likely N-dealkylation sites (tertiary alicyclic amines) is 1. The van der Waals surface area contributed by atoms with E-state index >= 15 is 0 Å². The number of ether oxygens (including phenoxy) is 1. The lowest BCUT2D eigenvalue weighted by atomic mass is 9.92. The summed E-state index contributed by atoms with van der Waals surface area (Å²) in [5, 5.41) is 0.932. The van der Waals surface area contributed by atoms with Gasteiger partial charge in [-0.3, -0.25) is 9.69 Å². The van der Waals surface area contributed by atoms with Gasteiger partial charge in [0, 0.05) is 39.3 Å². The van der Waals surface area contributed by atoms with Gasteiger partial charge in [-0.05, 0) is 37.7 Å². The van der Waals surface area contributed by atoms with Crippen molar-refractivity contribution in [3.8, 4) is 0 Å². The van der Waals surface area contributed by atoms with Gasteiger partial charge in [0.25, 0.3) is 0 Å². The molecule has 2 unspecified atom stereocenters. The Morgan fingerprint density at radius 2 is 1.81 bits per heavy atom. The highest BCUT2D eigenvalue weighted by molar-refractivity contribution is 7.20. The van der Waals surface area contributed by atoms with Gasteiger partial charge in [-0.15, -0.1) is 11.3 Å². The van der Waals surface area contributed by atoms with Crippen LogP contribution in [0.3, 0.4) is 0 Å². The van der Waals surface area contributed by atoms with Crippen LogP contribution in [-0.4, -0.2) is 84.1 Å². The largest absolute Gasteiger partial charge is 0.462 e. The summed E-state index contributed by atoms with van der Waals surface area (Å²) in [7, 11) is 0. The van der Waals surface area contributed by atoms with E-state index in [2.05, 4.69) is 33.6 Å². The van der Waals surface area contributed by atoms with E-state index in [0.29, 0.717) is 29.9 Å². The minimum Gasteiger partial charge on any atom is -0.462 e. The van der Waals surface area contributed by atoms with Gasteiger partial charge >= 0.3 is 5.97 Å². The summed E-state index contributed by atoms with van der Waals surface area (Å²) in [6.07, 6.45) is 2.77. The van der Waals surface area contributed by atoms with Crippen molar-refractivity contribution in [2.75, 3.05) is 57.3 Å². The smallest absolute Gasteiger partial charge is 0.348 e. The summed E-state index contributed by atoms with van der Waals surface area (Å²) in [5.41, 5.74) is 0.880. The molecule has 0 saturated carbocycles. The molecule has 8 nitrogen and oxygen atoms in total. The molecular weight excluding hydrogens is 426 g/mol. The first kappa shape index (κ1) is 22.9. The molecule has 4 rings (SSSR count). The van der Waals surface area contributed by atoms with Gasteiger partial charge in [0.2, 0.25) is 5.91 Å². The molecule has 0 aromatic carbocycles. The van der Waals surface area contributed by atoms with E-state index in [1.807, 2.05) is 18.7 Å². The number of piperidine rings is 1. The van der Waals surface area contributed by atoms with Gasteiger partial charge in [0.1, 0.15) is 21.9 Å². The van der Waals surface area contributed by atoms with Crippen LogP contribution in [0, 0.1) is 18.8 Å². The quantitative estimate of drug-likeness (QED) is 0.636. The molecule has 174 valence electrons. The molecule has 2 aliphatic heterocycles. The van der Waals surface area contributed by atoms with Crippen molar-refractivity contribution in [3.05, 3.63) is 16.8 Å². The number of esters is 1. The Morgan fingerprint density at radius 3 is 2.47 bits per heavy atom. The van der Waals surface area contributed by atoms with Crippen LogP contribution in [0.1, 0.15) is 42.4 Å². The molecule has 0 spiro atoms. The minimum absolute atomic E-state index is 0.244. The molecule has 2 saturated heterocycles. The van der Waals surface area contributed by atoms with Crippen molar-refractivity contribution in [1.29, 1.82) is 0 Å². The number of nitrogens with zero attached hydrogens (tertiary/aromatic N) is 5. The maximum atomic E-state index is 12.9. The first-order valence-corrected chi connectivity index (χ1v) is 12.3. The van der Waals surface area contributed by atoms with Crippen molar-refractivity contribution in [2.45, 2.75) is 34.1 Å². The fraction of sp³-hybridized carbons (Fsp3) is 0.652. The minimum atomic E-state index is -0.302. The topological polar surface area (TPSA) is 78.9 Å². The van der Waals surface area contributed by atoms with Crippen LogP contribution in [0.25, 0.3) is 10.2 Å². The zero-order valence-corrected chi connectivity index (χ0v) is 20.3. The van der Waals surface area contributed by atoms with E-state index < -0.39 is 0 Å². The average molecular weight is 460 g/mol. The number of fused-ring (bicyclic) bond motifs is 1. The molecule has 0 aliphatic carbocycles. The van der Waals surface area contributed by atoms with E-state index in [9.17, 15) is 9.59 Å². The fourth-order valence-corrected chi connectivity index (χ4v) is 6.00. The predicted molar refractivity (Wildman–Crippen MR) is 126 cm³/mol. The summed E-state index contributed by atoms with van der Waals surface area (Å²) >= 11 is 1.36. The number of rotatable bonds is 5. The third kappa shape index (κ3) is 4.73. The lowest BCUT2D eigenvalue weighted by Gasteiger charge is -2.38. The van der Waals surface area contributed by atoms with E-state index in [1.165, 1.54) is 17.8 Å². The summed E-state index contributed by atoms with van der Waals surface area (Å²) in [4.78, 5) is 42.1. The van der Waals surface area contributed by atoms with Crippen molar-refractivity contribution >= 4 is 39.2 Å². The standard InChI is InChI=1S/C23H33N5O3S/c1-5-31-23(30)20-17(4)19-21(24-14-25-22(19)32-20)27-8-6-26(7-9-27)13-18(29)28-11-15(2)10-16(3)12-28/h14-16H,5-13H2,1-4H3. The number of carbonyl (C=O) groups excluding carboxylic acids is 2. The van der Waals surface area contributed by atoms with Gasteiger partial charge in [0.15, 0.2) is 0 Å². The summed E-state index contributed by atoms with van der Waals surface area (Å²) < 4.78 is 5.20. The van der Waals surface area contributed by atoms with Gasteiger partial charge < -0.3 is 14.5 Å². The first-order valence-electron chi connectivity index (χ1n) is 11.5. The second-order valence-electron chi connectivity index (χ2n) is 9.16. The number of aryl methyl sites for hydroxylation is 1. The van der Waals surface area contributed by atoms with E-state index in [-0.39, 0.29) is 11.9 Å². The zero-order valence-electron chi connectivity index (χ0n) is 19.5. The van der Waals surface area contributed by atoms with Gasteiger partial charge in [-0.2, -0.15) is 0 Å². The first-order chi connectivity index (χ1) is 15.4. The van der Waals surface area contributed by atoms with Crippen LogP contribution >= 0.6 is 11.3 Å². The van der Waals surface area contributed by atoms with Crippen molar-refractivity contribution in [2.24, 2.45) is 11.8 Å². The van der Waals surface area contributed by atoms with Gasteiger partial charge in [-0.1, -0.05) is 13.8 Å². The monoisotopic (exact) mass is 459 g/mol. The molecule has 1 amide bonds. The maximum Gasteiger partial charge on any atom is 0.348 e. The third-order valence-electron chi connectivity index (χ3n) is 6.42. The lowest BCUT2D eigenvalue weighted by molar-refractivity contribution is -0.135. The summed E-state index contributed by atoms with van der Waals surface area (Å²) in [6, 6.07) is 0. The van der Waals surface area contributed by atoms with Crippen LogP contribution in [-0.2, 0) is 9.53 Å². The molecule has 9 heteroatoms. The predicted octanol–water partition coefficient (Wildman–Crippen LogP) is 2.80. The highest BCUT2D eigenvalue weighted by Gasteiger charge is 2.29. The molecule has 2 aromatic rings. The van der Waals surface area contributed by atoms with Crippen molar-refractivity contribution in [1.82, 2.24) is 19.8 Å². The Hall–Kier alpha value is -2.26. The second kappa shape index (κ2) is 9.70. The highest BCUT2D eigenvalue weighted by Crippen LogP contribution is 2.35. The molecule has 2 aliphatic rings. The van der Waals surface area contributed by atoms with Crippen LogP contribution in [0.5, 0.6) is 0 Å². The number of carbonyl (C=O) groups is 2. The molecule has 2 atom stereocenters. The van der Waals surface area contributed by atoms with Crippen LogP contribution in [0.15, 0.2) is 6.33 Å². The lowest BCUT2D eigenvalue weighted by Crippen LogP contribution is -2.52. The SMILES string of the molecule is CCOC(=O)c1sc2ncnc(N3CCN(CC(=O)N4CC(C)CC(C)C4)CC3)c2c1C. The van der Waals surface area contributed by atoms with E-state index in [0.717, 1.165) is 60.9 Å². The average Bonchev–Trinajstić information content (AvgIpc) is 3.11. The zero-order chi connectivity index (χ0) is 22.8. The molecule has 0 radical (unpaired) electrons. The second-order valence-corrected chi connectivity index (χ2v) is 10.2. The summed E-state index contributed by atoms with van der Waals surface area (Å²) in [5.74, 6) is 1.96. The Bertz CT molecular complexity index is 975. The van der Waals surface area contributed by atoms with Crippen LogP contribution in [0.4, 0.5) is 5.82 Å². The van der Waals surface area contributed by atoms with Gasteiger partial charge in [-0.25, -0.2) is 14.8 Å². The molecule has 0 bridgehead atoms. The third-order valence-corrected chi connectivity index (χ3v) is 7.60.